The predicted octanol–water partition coefficient (Wildman–Crippen LogP) is 3.17. The van der Waals surface area contributed by atoms with Gasteiger partial charge in [-0.25, -0.2) is 0 Å². The van der Waals surface area contributed by atoms with Crippen molar-refractivity contribution in [3.05, 3.63) is 59.7 Å². The molecule has 5 nitrogen and oxygen atoms in total. The van der Waals surface area contributed by atoms with E-state index in [9.17, 15) is 9.59 Å². The Bertz CT molecular complexity index is 708. The van der Waals surface area contributed by atoms with Gasteiger partial charge in [0, 0.05) is 37.3 Å². The first-order valence-corrected chi connectivity index (χ1v) is 8.67. The van der Waals surface area contributed by atoms with Crippen LogP contribution in [0.1, 0.15) is 33.6 Å². The standard InChI is InChI=1S/C20H20N2O3/c23-19(21-11-1-12-21)15-3-7-17(8-4-15)25-18-9-5-16(6-10-18)20(24)22-13-2-14-22/h3-10H,1-2,11-14H2. The number of ether oxygens (including phenoxy) is 1. The van der Waals surface area contributed by atoms with Crippen LogP contribution in [0.4, 0.5) is 0 Å². The van der Waals surface area contributed by atoms with Gasteiger partial charge in [-0.05, 0) is 61.4 Å². The Morgan fingerprint density at radius 2 is 1.00 bits per heavy atom. The summed E-state index contributed by atoms with van der Waals surface area (Å²) in [4.78, 5) is 27.9. The van der Waals surface area contributed by atoms with E-state index in [0.717, 1.165) is 39.0 Å². The first kappa shape index (κ1) is 15.7. The molecule has 2 aliphatic heterocycles. The zero-order chi connectivity index (χ0) is 17.2. The molecule has 2 amide bonds. The zero-order valence-electron chi connectivity index (χ0n) is 14.0. The topological polar surface area (TPSA) is 49.9 Å². The van der Waals surface area contributed by atoms with Gasteiger partial charge in [0.05, 0.1) is 0 Å². The van der Waals surface area contributed by atoms with Crippen LogP contribution in [0, 0.1) is 0 Å². The number of hydrogen-bond donors (Lipinski definition) is 0. The Labute approximate surface area is 146 Å². The highest BCUT2D eigenvalue weighted by Gasteiger charge is 2.22. The Morgan fingerprint density at radius 1 is 0.640 bits per heavy atom. The maximum atomic E-state index is 12.1. The number of benzene rings is 2. The second-order valence-electron chi connectivity index (χ2n) is 6.44. The molecule has 0 atom stereocenters. The van der Waals surface area contributed by atoms with Crippen molar-refractivity contribution in [2.45, 2.75) is 12.8 Å². The van der Waals surface area contributed by atoms with Gasteiger partial charge in [0.15, 0.2) is 0 Å². The Balaban J connectivity index is 1.39. The minimum Gasteiger partial charge on any atom is -0.457 e. The lowest BCUT2D eigenvalue weighted by Gasteiger charge is -2.31. The normalized spacial score (nSPS) is 16.0. The fourth-order valence-corrected chi connectivity index (χ4v) is 2.87. The fourth-order valence-electron chi connectivity index (χ4n) is 2.87. The SMILES string of the molecule is O=C(c1ccc(Oc2ccc(C(=O)N3CCC3)cc2)cc1)N1CCC1. The predicted molar refractivity (Wildman–Crippen MR) is 94.0 cm³/mol. The van der Waals surface area contributed by atoms with Gasteiger partial charge in [-0.15, -0.1) is 0 Å². The van der Waals surface area contributed by atoms with Gasteiger partial charge in [-0.2, -0.15) is 0 Å². The molecule has 25 heavy (non-hydrogen) atoms. The molecule has 0 unspecified atom stereocenters. The van der Waals surface area contributed by atoms with Crippen LogP contribution >= 0.6 is 0 Å². The quantitative estimate of drug-likeness (QED) is 0.862. The van der Waals surface area contributed by atoms with E-state index in [1.165, 1.54) is 0 Å². The molecule has 2 aromatic carbocycles. The van der Waals surface area contributed by atoms with E-state index in [1.807, 2.05) is 9.80 Å². The Kier molecular flexibility index (Phi) is 4.14. The van der Waals surface area contributed by atoms with Crippen molar-refractivity contribution in [1.82, 2.24) is 9.80 Å². The first-order chi connectivity index (χ1) is 12.2. The monoisotopic (exact) mass is 336 g/mol. The highest BCUT2D eigenvalue weighted by Crippen LogP contribution is 2.24. The third-order valence-corrected chi connectivity index (χ3v) is 4.72. The zero-order valence-corrected chi connectivity index (χ0v) is 14.0. The molecule has 0 aromatic heterocycles. The summed E-state index contributed by atoms with van der Waals surface area (Å²) in [5.74, 6) is 1.49. The molecule has 2 heterocycles. The molecule has 0 bridgehead atoms. The van der Waals surface area contributed by atoms with E-state index in [0.29, 0.717) is 22.6 Å². The van der Waals surface area contributed by atoms with Crippen molar-refractivity contribution in [2.24, 2.45) is 0 Å². The largest absolute Gasteiger partial charge is 0.457 e. The number of hydrogen-bond acceptors (Lipinski definition) is 3. The highest BCUT2D eigenvalue weighted by molar-refractivity contribution is 5.95. The van der Waals surface area contributed by atoms with Crippen LogP contribution in [0.3, 0.4) is 0 Å². The van der Waals surface area contributed by atoms with E-state index in [1.54, 1.807) is 48.5 Å². The van der Waals surface area contributed by atoms with E-state index in [2.05, 4.69) is 0 Å². The van der Waals surface area contributed by atoms with Crippen LogP contribution in [0.25, 0.3) is 0 Å². The van der Waals surface area contributed by atoms with Crippen LogP contribution in [0.5, 0.6) is 11.5 Å². The number of carbonyl (C=O) groups excluding carboxylic acids is 2. The van der Waals surface area contributed by atoms with E-state index in [-0.39, 0.29) is 11.8 Å². The van der Waals surface area contributed by atoms with Gasteiger partial charge in [-0.1, -0.05) is 0 Å². The van der Waals surface area contributed by atoms with Crippen LogP contribution in [0.15, 0.2) is 48.5 Å². The summed E-state index contributed by atoms with van der Waals surface area (Å²) >= 11 is 0. The van der Waals surface area contributed by atoms with Gasteiger partial charge < -0.3 is 14.5 Å². The van der Waals surface area contributed by atoms with Crippen LogP contribution in [0.2, 0.25) is 0 Å². The molecule has 0 radical (unpaired) electrons. The Morgan fingerprint density at radius 3 is 1.28 bits per heavy atom. The van der Waals surface area contributed by atoms with Crippen LogP contribution < -0.4 is 4.74 Å². The number of carbonyl (C=O) groups is 2. The summed E-state index contributed by atoms with van der Waals surface area (Å²) in [6.45, 7) is 3.39. The molecule has 128 valence electrons. The molecule has 2 aliphatic rings. The highest BCUT2D eigenvalue weighted by atomic mass is 16.5. The molecular formula is C20H20N2O3. The fraction of sp³-hybridized carbons (Fsp3) is 0.300. The lowest BCUT2D eigenvalue weighted by atomic mass is 10.1. The molecule has 4 rings (SSSR count). The van der Waals surface area contributed by atoms with E-state index in [4.69, 9.17) is 4.74 Å². The molecule has 2 aromatic rings. The molecule has 0 aliphatic carbocycles. The number of nitrogens with zero attached hydrogens (tertiary/aromatic N) is 2. The average Bonchev–Trinajstić information content (AvgIpc) is 2.53. The van der Waals surface area contributed by atoms with Crippen molar-refractivity contribution in [3.8, 4) is 11.5 Å². The van der Waals surface area contributed by atoms with E-state index < -0.39 is 0 Å². The van der Waals surface area contributed by atoms with Crippen molar-refractivity contribution in [2.75, 3.05) is 26.2 Å². The number of likely N-dealkylation sites (tertiary alicyclic amines) is 2. The summed E-state index contributed by atoms with van der Waals surface area (Å²) in [6, 6.07) is 14.3. The molecule has 0 saturated carbocycles. The summed E-state index contributed by atoms with van der Waals surface area (Å²) < 4.78 is 5.80. The molecule has 2 saturated heterocycles. The van der Waals surface area contributed by atoms with Gasteiger partial charge in [0.25, 0.3) is 11.8 Å². The third-order valence-electron chi connectivity index (χ3n) is 4.72. The minimum absolute atomic E-state index is 0.0756. The van der Waals surface area contributed by atoms with Gasteiger partial charge in [-0.3, -0.25) is 9.59 Å². The second-order valence-corrected chi connectivity index (χ2v) is 6.44. The number of rotatable bonds is 4. The lowest BCUT2D eigenvalue weighted by Crippen LogP contribution is -2.41. The first-order valence-electron chi connectivity index (χ1n) is 8.67. The Hall–Kier alpha value is -2.82. The molecule has 0 N–H and O–H groups in total. The van der Waals surface area contributed by atoms with Crippen LogP contribution in [-0.2, 0) is 0 Å². The maximum absolute atomic E-state index is 12.1. The smallest absolute Gasteiger partial charge is 0.253 e. The molecule has 5 heteroatoms. The minimum atomic E-state index is 0.0756. The molecule has 0 spiro atoms. The van der Waals surface area contributed by atoms with Gasteiger partial charge in [0.1, 0.15) is 11.5 Å². The summed E-state index contributed by atoms with van der Waals surface area (Å²) in [5, 5.41) is 0. The van der Waals surface area contributed by atoms with Crippen LogP contribution in [-0.4, -0.2) is 47.8 Å². The van der Waals surface area contributed by atoms with Crippen molar-refractivity contribution in [3.63, 3.8) is 0 Å². The van der Waals surface area contributed by atoms with E-state index >= 15 is 0 Å². The molecule has 2 fully saturated rings. The molecular weight excluding hydrogens is 316 g/mol. The second kappa shape index (κ2) is 6.59. The van der Waals surface area contributed by atoms with Crippen molar-refractivity contribution < 1.29 is 14.3 Å². The average molecular weight is 336 g/mol. The van der Waals surface area contributed by atoms with Gasteiger partial charge >= 0.3 is 0 Å². The van der Waals surface area contributed by atoms with Crippen molar-refractivity contribution in [1.29, 1.82) is 0 Å². The van der Waals surface area contributed by atoms with Gasteiger partial charge in [0.2, 0.25) is 0 Å². The summed E-state index contributed by atoms with van der Waals surface area (Å²) in [6.07, 6.45) is 2.17. The lowest BCUT2D eigenvalue weighted by molar-refractivity contribution is 0.0645. The third kappa shape index (κ3) is 3.22. The number of amides is 2. The summed E-state index contributed by atoms with van der Waals surface area (Å²) in [7, 11) is 0. The summed E-state index contributed by atoms with van der Waals surface area (Å²) in [5.41, 5.74) is 1.37. The maximum Gasteiger partial charge on any atom is 0.253 e. The van der Waals surface area contributed by atoms with Crippen molar-refractivity contribution >= 4 is 11.8 Å².